The Morgan fingerprint density at radius 1 is 1.10 bits per heavy atom. The van der Waals surface area contributed by atoms with Crippen LogP contribution in [0.4, 0.5) is 4.79 Å². The molecule has 0 unspecified atom stereocenters. The molecule has 0 aromatic heterocycles. The van der Waals surface area contributed by atoms with E-state index in [9.17, 15) is 9.59 Å². The highest BCUT2D eigenvalue weighted by molar-refractivity contribution is 5.71. The van der Waals surface area contributed by atoms with Crippen molar-refractivity contribution >= 4 is 12.1 Å². The first kappa shape index (κ1) is 22.7. The van der Waals surface area contributed by atoms with E-state index in [1.165, 1.54) is 5.56 Å². The van der Waals surface area contributed by atoms with Crippen molar-refractivity contribution < 1.29 is 23.8 Å². The summed E-state index contributed by atoms with van der Waals surface area (Å²) in [4.78, 5) is 25.9. The number of rotatable bonds is 10. The average Bonchev–Trinajstić information content (AvgIpc) is 2.96. The second-order valence-electron chi connectivity index (χ2n) is 8.21. The number of benzene rings is 2. The van der Waals surface area contributed by atoms with E-state index in [1.807, 2.05) is 61.2 Å². The number of hydrogen-bond acceptors (Lipinski definition) is 5. The summed E-state index contributed by atoms with van der Waals surface area (Å²) in [7, 11) is 0. The molecule has 0 aliphatic carbocycles. The molecule has 1 aliphatic heterocycles. The highest BCUT2D eigenvalue weighted by Gasteiger charge is 2.47. The molecule has 6 nitrogen and oxygen atoms in total. The molecule has 31 heavy (non-hydrogen) atoms. The molecule has 1 fully saturated rings. The van der Waals surface area contributed by atoms with Crippen LogP contribution in [0.2, 0.25) is 0 Å². The predicted molar refractivity (Wildman–Crippen MR) is 118 cm³/mol. The maximum absolute atomic E-state index is 12.5. The lowest BCUT2D eigenvalue weighted by molar-refractivity contribution is -0.145. The van der Waals surface area contributed by atoms with Gasteiger partial charge in [-0.3, -0.25) is 0 Å². The monoisotopic (exact) mass is 425 g/mol. The van der Waals surface area contributed by atoms with Crippen LogP contribution in [0.5, 0.6) is 5.75 Å². The second-order valence-corrected chi connectivity index (χ2v) is 8.21. The maximum atomic E-state index is 12.5. The molecule has 1 saturated heterocycles. The van der Waals surface area contributed by atoms with Gasteiger partial charge in [0, 0.05) is 6.54 Å². The Bertz CT molecular complexity index is 880. The first-order chi connectivity index (χ1) is 14.9. The number of cyclic esters (lactones) is 1. The molecule has 2 aromatic rings. The number of carbonyl (C=O) groups is 2. The summed E-state index contributed by atoms with van der Waals surface area (Å²) in [5.74, 6) is 0.252. The number of nitrogens with zero attached hydrogens (tertiary/aromatic N) is 1. The van der Waals surface area contributed by atoms with Gasteiger partial charge in [-0.05, 0) is 63.3 Å². The maximum Gasteiger partial charge on any atom is 0.410 e. The topological polar surface area (TPSA) is 65.1 Å². The zero-order valence-electron chi connectivity index (χ0n) is 18.5. The highest BCUT2D eigenvalue weighted by atomic mass is 16.6. The van der Waals surface area contributed by atoms with Crippen LogP contribution in [-0.4, -0.2) is 48.4 Å². The molecule has 0 bridgehead atoms. The zero-order valence-corrected chi connectivity index (χ0v) is 18.5. The van der Waals surface area contributed by atoms with Crippen LogP contribution in [0.3, 0.4) is 0 Å². The van der Waals surface area contributed by atoms with Crippen molar-refractivity contribution in [3.8, 4) is 5.75 Å². The number of aryl methyl sites for hydroxylation is 1. The molecule has 0 saturated carbocycles. The third-order valence-electron chi connectivity index (χ3n) is 5.46. The van der Waals surface area contributed by atoms with Gasteiger partial charge >= 0.3 is 12.1 Å². The first-order valence-electron chi connectivity index (χ1n) is 10.8. The third kappa shape index (κ3) is 6.23. The van der Waals surface area contributed by atoms with Crippen molar-refractivity contribution in [3.05, 3.63) is 65.7 Å². The van der Waals surface area contributed by atoms with Gasteiger partial charge in [0.25, 0.3) is 0 Å². The van der Waals surface area contributed by atoms with Crippen LogP contribution in [0.25, 0.3) is 0 Å². The molecule has 1 aliphatic rings. The van der Waals surface area contributed by atoms with Crippen molar-refractivity contribution in [3.63, 3.8) is 0 Å². The van der Waals surface area contributed by atoms with Crippen molar-refractivity contribution in [2.24, 2.45) is 0 Å². The van der Waals surface area contributed by atoms with E-state index in [1.54, 1.807) is 6.92 Å². The van der Waals surface area contributed by atoms with Crippen LogP contribution in [-0.2, 0) is 27.1 Å². The van der Waals surface area contributed by atoms with Crippen LogP contribution < -0.4 is 4.74 Å². The summed E-state index contributed by atoms with van der Waals surface area (Å²) < 4.78 is 16.1. The van der Waals surface area contributed by atoms with Gasteiger partial charge in [-0.1, -0.05) is 42.5 Å². The first-order valence-corrected chi connectivity index (χ1v) is 10.8. The molecule has 1 amide bonds. The van der Waals surface area contributed by atoms with Crippen LogP contribution >= 0.6 is 0 Å². The standard InChI is InChI=1S/C25H31NO5/c1-4-29-23(27)18-30-21-14-8-12-19(16-21)13-9-15-26-22(25(2,3)31-24(26)28)17-20-10-6-5-7-11-20/h5-8,10-12,14,16,22H,4,9,13,15,17-18H2,1-3H3/t22-/m0/s1. The second kappa shape index (κ2) is 10.3. The van der Waals surface area contributed by atoms with E-state index in [4.69, 9.17) is 14.2 Å². The molecule has 0 N–H and O–H groups in total. The zero-order chi connectivity index (χ0) is 22.3. The van der Waals surface area contributed by atoms with Gasteiger partial charge in [0.1, 0.15) is 11.4 Å². The van der Waals surface area contributed by atoms with Gasteiger partial charge < -0.3 is 19.1 Å². The molecular formula is C25H31NO5. The molecule has 6 heteroatoms. The van der Waals surface area contributed by atoms with Crippen molar-refractivity contribution in [2.75, 3.05) is 19.8 Å². The minimum absolute atomic E-state index is 0.0124. The Morgan fingerprint density at radius 2 is 1.84 bits per heavy atom. The Labute approximate surface area is 184 Å². The third-order valence-corrected chi connectivity index (χ3v) is 5.46. The van der Waals surface area contributed by atoms with E-state index < -0.39 is 5.60 Å². The van der Waals surface area contributed by atoms with Gasteiger partial charge in [-0.15, -0.1) is 0 Å². The summed E-state index contributed by atoms with van der Waals surface area (Å²) in [5, 5.41) is 0. The lowest BCUT2D eigenvalue weighted by Crippen LogP contribution is -2.43. The minimum atomic E-state index is -0.534. The van der Waals surface area contributed by atoms with E-state index in [0.29, 0.717) is 18.9 Å². The van der Waals surface area contributed by atoms with Gasteiger partial charge in [-0.2, -0.15) is 0 Å². The van der Waals surface area contributed by atoms with Crippen molar-refractivity contribution in [2.45, 2.75) is 51.7 Å². The summed E-state index contributed by atoms with van der Waals surface area (Å²) >= 11 is 0. The summed E-state index contributed by atoms with van der Waals surface area (Å²) in [6.07, 6.45) is 2.10. The van der Waals surface area contributed by atoms with E-state index in [-0.39, 0.29) is 24.7 Å². The smallest absolute Gasteiger partial charge is 0.410 e. The molecule has 3 rings (SSSR count). The summed E-state index contributed by atoms with van der Waals surface area (Å²) in [6, 6.07) is 17.8. The molecule has 166 valence electrons. The number of ether oxygens (including phenoxy) is 3. The average molecular weight is 426 g/mol. The van der Waals surface area contributed by atoms with Crippen LogP contribution in [0.15, 0.2) is 54.6 Å². The Balaban J connectivity index is 1.56. The lowest BCUT2D eigenvalue weighted by Gasteiger charge is -2.29. The van der Waals surface area contributed by atoms with Gasteiger partial charge in [-0.25, -0.2) is 9.59 Å². The number of hydrogen-bond donors (Lipinski definition) is 0. The molecule has 1 heterocycles. The van der Waals surface area contributed by atoms with Crippen molar-refractivity contribution in [1.82, 2.24) is 4.90 Å². The fourth-order valence-electron chi connectivity index (χ4n) is 3.88. The SMILES string of the molecule is CCOC(=O)COc1cccc(CCCN2C(=O)OC(C)(C)[C@@H]2Cc2ccccc2)c1. The minimum Gasteiger partial charge on any atom is -0.482 e. The number of carbonyl (C=O) groups excluding carboxylic acids is 2. The quantitative estimate of drug-likeness (QED) is 0.528. The normalized spacial score (nSPS) is 17.3. The van der Waals surface area contributed by atoms with E-state index in [2.05, 4.69) is 12.1 Å². The fourth-order valence-corrected chi connectivity index (χ4v) is 3.88. The summed E-state index contributed by atoms with van der Waals surface area (Å²) in [5.41, 5.74) is 1.75. The molecule has 0 radical (unpaired) electrons. The van der Waals surface area contributed by atoms with E-state index >= 15 is 0 Å². The molecular weight excluding hydrogens is 394 g/mol. The van der Waals surface area contributed by atoms with Crippen molar-refractivity contribution in [1.29, 1.82) is 0 Å². The lowest BCUT2D eigenvalue weighted by atomic mass is 9.92. The van der Waals surface area contributed by atoms with Crippen LogP contribution in [0.1, 0.15) is 38.3 Å². The molecule has 1 atom stereocenters. The highest BCUT2D eigenvalue weighted by Crippen LogP contribution is 2.32. The summed E-state index contributed by atoms with van der Waals surface area (Å²) in [6.45, 7) is 6.57. The molecule has 0 spiro atoms. The Hall–Kier alpha value is -3.02. The van der Waals surface area contributed by atoms with Gasteiger partial charge in [0.2, 0.25) is 0 Å². The Morgan fingerprint density at radius 3 is 2.58 bits per heavy atom. The fraction of sp³-hybridized carbons (Fsp3) is 0.440. The number of esters is 1. The Kier molecular flexibility index (Phi) is 7.55. The molecule has 2 aromatic carbocycles. The van der Waals surface area contributed by atoms with Gasteiger partial charge in [0.15, 0.2) is 6.61 Å². The van der Waals surface area contributed by atoms with Crippen LogP contribution in [0, 0.1) is 0 Å². The van der Waals surface area contributed by atoms with E-state index in [0.717, 1.165) is 24.8 Å². The number of amides is 1. The largest absolute Gasteiger partial charge is 0.482 e. The predicted octanol–water partition coefficient (Wildman–Crippen LogP) is 4.40. The van der Waals surface area contributed by atoms with Gasteiger partial charge in [0.05, 0.1) is 12.6 Å².